The summed E-state index contributed by atoms with van der Waals surface area (Å²) in [5.74, 6) is 2.06. The Morgan fingerprint density at radius 1 is 0.810 bits per heavy atom. The quantitative estimate of drug-likeness (QED) is 0.785. The molecule has 0 saturated carbocycles. The molecule has 0 spiro atoms. The van der Waals surface area contributed by atoms with Gasteiger partial charge in [-0.3, -0.25) is 0 Å². The van der Waals surface area contributed by atoms with Crippen LogP contribution in [0.4, 0.5) is 11.4 Å². The van der Waals surface area contributed by atoms with Crippen molar-refractivity contribution in [2.75, 3.05) is 4.90 Å². The molecule has 1 unspecified atom stereocenters. The van der Waals surface area contributed by atoms with Crippen LogP contribution in [0.1, 0.15) is 0 Å². The summed E-state index contributed by atoms with van der Waals surface area (Å²) in [5, 5.41) is 0. The highest BCUT2D eigenvalue weighted by Gasteiger charge is 2.22. The van der Waals surface area contributed by atoms with Crippen LogP contribution in [0.2, 0.25) is 0 Å². The fourth-order valence-electron chi connectivity index (χ4n) is 2.50. The Balaban J connectivity index is 2.11. The number of rotatable bonds is 3. The van der Waals surface area contributed by atoms with E-state index in [9.17, 15) is 4.79 Å². The van der Waals surface area contributed by atoms with E-state index in [0.29, 0.717) is 5.57 Å². The van der Waals surface area contributed by atoms with Crippen molar-refractivity contribution >= 4 is 17.3 Å². The Labute approximate surface area is 124 Å². The molecule has 0 N–H and O–H groups in total. The number of carbonyl (C=O) groups excluding carboxylic acids is 1. The summed E-state index contributed by atoms with van der Waals surface area (Å²) in [4.78, 5) is 13.4. The van der Waals surface area contributed by atoms with E-state index < -0.39 is 0 Å². The average Bonchev–Trinajstić information content (AvgIpc) is 2.58. The zero-order chi connectivity index (χ0) is 14.5. The molecule has 0 aromatic heterocycles. The monoisotopic (exact) mass is 273 g/mol. The van der Waals surface area contributed by atoms with Crippen LogP contribution in [0.3, 0.4) is 0 Å². The standard InChI is InChI=1S/C19H15NO/c21-15-16-9-7-8-14-19(16)20(17-10-3-1-4-11-17)18-12-5-2-6-13-18/h1-14,19H. The Bertz CT molecular complexity index is 670. The molecule has 0 fully saturated rings. The van der Waals surface area contributed by atoms with Crippen LogP contribution in [-0.2, 0) is 4.79 Å². The highest BCUT2D eigenvalue weighted by Crippen LogP contribution is 2.31. The maximum atomic E-state index is 11.3. The highest BCUT2D eigenvalue weighted by molar-refractivity contribution is 5.72. The zero-order valence-electron chi connectivity index (χ0n) is 11.5. The van der Waals surface area contributed by atoms with Gasteiger partial charge in [-0.25, -0.2) is 4.79 Å². The van der Waals surface area contributed by atoms with Crippen molar-refractivity contribution in [2.24, 2.45) is 0 Å². The largest absolute Gasteiger partial charge is 0.330 e. The smallest absolute Gasteiger partial charge is 0.130 e. The van der Waals surface area contributed by atoms with Crippen molar-refractivity contribution in [1.82, 2.24) is 0 Å². The normalized spacial score (nSPS) is 16.6. The maximum Gasteiger partial charge on any atom is 0.130 e. The molecule has 0 saturated heterocycles. The summed E-state index contributed by atoms with van der Waals surface area (Å²) in [6.07, 6.45) is 7.66. The molecule has 2 nitrogen and oxygen atoms in total. The van der Waals surface area contributed by atoms with Crippen LogP contribution in [-0.4, -0.2) is 12.0 Å². The number of hydrogen-bond donors (Lipinski definition) is 0. The molecule has 21 heavy (non-hydrogen) atoms. The Hall–Kier alpha value is -2.83. The number of anilines is 2. The lowest BCUT2D eigenvalue weighted by Crippen LogP contribution is -2.31. The van der Waals surface area contributed by atoms with Gasteiger partial charge in [0.15, 0.2) is 0 Å². The second kappa shape index (κ2) is 6.08. The summed E-state index contributed by atoms with van der Waals surface area (Å²) in [6, 6.07) is 20.0. The van der Waals surface area contributed by atoms with E-state index >= 15 is 0 Å². The molecule has 2 aromatic carbocycles. The second-order valence-corrected chi connectivity index (χ2v) is 4.79. The third-order valence-corrected chi connectivity index (χ3v) is 3.46. The van der Waals surface area contributed by atoms with Gasteiger partial charge >= 0.3 is 0 Å². The van der Waals surface area contributed by atoms with E-state index in [-0.39, 0.29) is 6.04 Å². The Morgan fingerprint density at radius 3 is 1.90 bits per heavy atom. The molecule has 2 heteroatoms. The molecule has 0 radical (unpaired) electrons. The third-order valence-electron chi connectivity index (χ3n) is 3.46. The van der Waals surface area contributed by atoms with Crippen molar-refractivity contribution in [1.29, 1.82) is 0 Å². The van der Waals surface area contributed by atoms with Crippen LogP contribution in [0, 0.1) is 0 Å². The predicted octanol–water partition coefficient (Wildman–Crippen LogP) is 4.08. The number of allylic oxidation sites excluding steroid dienone is 2. The summed E-state index contributed by atoms with van der Waals surface area (Å²) >= 11 is 0. The predicted molar refractivity (Wildman–Crippen MR) is 86.3 cm³/mol. The lowest BCUT2D eigenvalue weighted by atomic mass is 10.00. The molecule has 1 aliphatic carbocycles. The van der Waals surface area contributed by atoms with E-state index in [1.54, 1.807) is 0 Å². The zero-order valence-corrected chi connectivity index (χ0v) is 11.5. The summed E-state index contributed by atoms with van der Waals surface area (Å²) in [5.41, 5.74) is 2.72. The van der Waals surface area contributed by atoms with Crippen LogP contribution in [0.25, 0.3) is 0 Å². The first-order chi connectivity index (χ1) is 10.4. The fourth-order valence-corrected chi connectivity index (χ4v) is 2.50. The van der Waals surface area contributed by atoms with Gasteiger partial charge in [-0.2, -0.15) is 0 Å². The molecule has 0 bridgehead atoms. The first-order valence-electron chi connectivity index (χ1n) is 6.89. The number of para-hydroxylation sites is 2. The number of nitrogens with zero attached hydrogens (tertiary/aromatic N) is 1. The minimum absolute atomic E-state index is 0.141. The van der Waals surface area contributed by atoms with Crippen molar-refractivity contribution in [3.63, 3.8) is 0 Å². The highest BCUT2D eigenvalue weighted by atomic mass is 16.1. The SMILES string of the molecule is O=C=C1C=CC=CC1N(c1ccccc1)c1ccccc1. The average molecular weight is 273 g/mol. The van der Waals surface area contributed by atoms with E-state index in [2.05, 4.69) is 10.8 Å². The van der Waals surface area contributed by atoms with Crippen molar-refractivity contribution in [3.8, 4) is 0 Å². The molecule has 0 aliphatic heterocycles. The molecule has 2 aromatic rings. The van der Waals surface area contributed by atoms with Gasteiger partial charge in [0, 0.05) is 11.4 Å². The minimum Gasteiger partial charge on any atom is -0.330 e. The van der Waals surface area contributed by atoms with Gasteiger partial charge in [-0.05, 0) is 30.3 Å². The van der Waals surface area contributed by atoms with Crippen LogP contribution >= 0.6 is 0 Å². The van der Waals surface area contributed by atoms with E-state index in [0.717, 1.165) is 11.4 Å². The van der Waals surface area contributed by atoms with Crippen LogP contribution in [0.5, 0.6) is 0 Å². The topological polar surface area (TPSA) is 20.3 Å². The third kappa shape index (κ3) is 2.71. The molecule has 1 atom stereocenters. The van der Waals surface area contributed by atoms with Crippen molar-refractivity contribution in [2.45, 2.75) is 6.04 Å². The molecular weight excluding hydrogens is 258 g/mol. The number of benzene rings is 2. The second-order valence-electron chi connectivity index (χ2n) is 4.79. The van der Waals surface area contributed by atoms with Gasteiger partial charge in [0.25, 0.3) is 0 Å². The molecule has 3 rings (SSSR count). The molecule has 0 amide bonds. The lowest BCUT2D eigenvalue weighted by molar-refractivity contribution is 0.566. The van der Waals surface area contributed by atoms with Gasteiger partial charge in [-0.1, -0.05) is 54.6 Å². The van der Waals surface area contributed by atoms with Crippen LogP contribution in [0.15, 0.2) is 90.5 Å². The van der Waals surface area contributed by atoms with Gasteiger partial charge in [0.2, 0.25) is 0 Å². The Morgan fingerprint density at radius 2 is 1.38 bits per heavy atom. The molecule has 1 aliphatic rings. The number of hydrogen-bond acceptors (Lipinski definition) is 2. The molecule has 0 heterocycles. The summed E-state index contributed by atoms with van der Waals surface area (Å²) in [7, 11) is 0. The summed E-state index contributed by atoms with van der Waals surface area (Å²) in [6.45, 7) is 0. The van der Waals surface area contributed by atoms with Gasteiger partial charge < -0.3 is 4.90 Å². The van der Waals surface area contributed by atoms with Gasteiger partial charge in [0.05, 0.1) is 11.6 Å². The van der Waals surface area contributed by atoms with E-state index in [4.69, 9.17) is 0 Å². The maximum absolute atomic E-state index is 11.3. The Kier molecular flexibility index (Phi) is 3.81. The minimum atomic E-state index is -0.141. The van der Waals surface area contributed by atoms with E-state index in [1.807, 2.05) is 85.0 Å². The fraction of sp³-hybridized carbons (Fsp3) is 0.0526. The lowest BCUT2D eigenvalue weighted by Gasteiger charge is -2.32. The van der Waals surface area contributed by atoms with E-state index in [1.165, 1.54) is 0 Å². The summed E-state index contributed by atoms with van der Waals surface area (Å²) < 4.78 is 0. The van der Waals surface area contributed by atoms with Gasteiger partial charge in [-0.15, -0.1) is 0 Å². The van der Waals surface area contributed by atoms with Crippen LogP contribution < -0.4 is 4.90 Å². The van der Waals surface area contributed by atoms with Gasteiger partial charge in [0.1, 0.15) is 5.94 Å². The van der Waals surface area contributed by atoms with Crippen molar-refractivity contribution in [3.05, 3.63) is 90.5 Å². The first kappa shape index (κ1) is 13.2. The van der Waals surface area contributed by atoms with Crippen molar-refractivity contribution < 1.29 is 4.79 Å². The first-order valence-corrected chi connectivity index (χ1v) is 6.89. The molecular formula is C19H15NO. The molecule has 102 valence electrons.